The van der Waals surface area contributed by atoms with E-state index in [4.69, 9.17) is 4.42 Å². The van der Waals surface area contributed by atoms with Crippen LogP contribution in [-0.2, 0) is 9.59 Å². The van der Waals surface area contributed by atoms with Crippen LogP contribution in [0.3, 0.4) is 0 Å². The highest BCUT2D eigenvalue weighted by molar-refractivity contribution is 8.00. The highest BCUT2D eigenvalue weighted by atomic mass is 32.2. The van der Waals surface area contributed by atoms with Crippen molar-refractivity contribution in [2.45, 2.75) is 43.1 Å². The summed E-state index contributed by atoms with van der Waals surface area (Å²) in [5.74, 6) is 0.775. The van der Waals surface area contributed by atoms with Crippen LogP contribution in [0.2, 0.25) is 0 Å². The highest BCUT2D eigenvalue weighted by Gasteiger charge is 2.30. The zero-order valence-electron chi connectivity index (χ0n) is 13.4. The van der Waals surface area contributed by atoms with Crippen molar-refractivity contribution < 1.29 is 14.0 Å². The van der Waals surface area contributed by atoms with Crippen LogP contribution in [0.15, 0.2) is 33.9 Å². The SMILES string of the molecule is CC(=O)Nc1ccc(NC(=O)[C@@H](C)Sc2nnc(C3CC3)o2)cc1. The van der Waals surface area contributed by atoms with Crippen LogP contribution in [0, 0.1) is 0 Å². The van der Waals surface area contributed by atoms with Crippen LogP contribution >= 0.6 is 11.8 Å². The Morgan fingerprint density at radius 3 is 2.38 bits per heavy atom. The third-order valence-corrected chi connectivity index (χ3v) is 4.40. The summed E-state index contributed by atoms with van der Waals surface area (Å²) >= 11 is 1.24. The quantitative estimate of drug-likeness (QED) is 0.780. The van der Waals surface area contributed by atoms with Crippen molar-refractivity contribution in [2.75, 3.05) is 10.6 Å². The Morgan fingerprint density at radius 1 is 1.17 bits per heavy atom. The Balaban J connectivity index is 1.53. The molecule has 7 nitrogen and oxygen atoms in total. The summed E-state index contributed by atoms with van der Waals surface area (Å²) in [7, 11) is 0. The van der Waals surface area contributed by atoms with Crippen LogP contribution in [0.25, 0.3) is 0 Å². The molecule has 8 heteroatoms. The van der Waals surface area contributed by atoms with Gasteiger partial charge in [-0.15, -0.1) is 10.2 Å². The van der Waals surface area contributed by atoms with Crippen molar-refractivity contribution in [2.24, 2.45) is 0 Å². The van der Waals surface area contributed by atoms with Gasteiger partial charge in [0.25, 0.3) is 5.22 Å². The van der Waals surface area contributed by atoms with E-state index < -0.39 is 0 Å². The number of hydrogen-bond acceptors (Lipinski definition) is 6. The van der Waals surface area contributed by atoms with E-state index in [-0.39, 0.29) is 17.1 Å². The summed E-state index contributed by atoms with van der Waals surface area (Å²) < 4.78 is 5.55. The molecule has 1 aliphatic carbocycles. The van der Waals surface area contributed by atoms with Gasteiger partial charge in [0.15, 0.2) is 0 Å². The lowest BCUT2D eigenvalue weighted by atomic mass is 10.2. The van der Waals surface area contributed by atoms with Gasteiger partial charge in [-0.1, -0.05) is 11.8 Å². The molecule has 1 aliphatic rings. The summed E-state index contributed by atoms with van der Waals surface area (Å²) in [5.41, 5.74) is 1.34. The molecule has 1 atom stereocenters. The van der Waals surface area contributed by atoms with E-state index >= 15 is 0 Å². The van der Waals surface area contributed by atoms with E-state index in [1.54, 1.807) is 31.2 Å². The zero-order valence-corrected chi connectivity index (χ0v) is 14.2. The Kier molecular flexibility index (Phi) is 4.84. The summed E-state index contributed by atoms with van der Waals surface area (Å²) in [6.07, 6.45) is 2.19. The third-order valence-electron chi connectivity index (χ3n) is 3.47. The van der Waals surface area contributed by atoms with E-state index in [2.05, 4.69) is 20.8 Å². The van der Waals surface area contributed by atoms with Gasteiger partial charge in [0.1, 0.15) is 0 Å². The topological polar surface area (TPSA) is 97.1 Å². The van der Waals surface area contributed by atoms with Crippen LogP contribution < -0.4 is 10.6 Å². The summed E-state index contributed by atoms with van der Waals surface area (Å²) in [4.78, 5) is 23.2. The van der Waals surface area contributed by atoms with Gasteiger partial charge in [-0.05, 0) is 44.0 Å². The van der Waals surface area contributed by atoms with Crippen LogP contribution in [0.4, 0.5) is 11.4 Å². The first-order valence-corrected chi connectivity index (χ1v) is 8.58. The van der Waals surface area contributed by atoms with Crippen molar-refractivity contribution in [3.8, 4) is 0 Å². The Morgan fingerprint density at radius 2 is 1.79 bits per heavy atom. The van der Waals surface area contributed by atoms with Gasteiger partial charge < -0.3 is 15.1 Å². The van der Waals surface area contributed by atoms with E-state index in [1.165, 1.54) is 18.7 Å². The fourth-order valence-electron chi connectivity index (χ4n) is 2.05. The van der Waals surface area contributed by atoms with E-state index in [0.29, 0.717) is 28.4 Å². The molecular formula is C16H18N4O3S. The van der Waals surface area contributed by atoms with Crippen molar-refractivity contribution >= 4 is 35.0 Å². The number of thioether (sulfide) groups is 1. The number of nitrogens with zero attached hydrogens (tertiary/aromatic N) is 2. The maximum Gasteiger partial charge on any atom is 0.277 e. The fraction of sp³-hybridized carbons (Fsp3) is 0.375. The molecule has 2 amide bonds. The smallest absolute Gasteiger partial charge is 0.277 e. The van der Waals surface area contributed by atoms with Crippen LogP contribution in [0.5, 0.6) is 0 Å². The maximum atomic E-state index is 12.2. The number of carbonyl (C=O) groups excluding carboxylic acids is 2. The molecule has 0 bridgehead atoms. The second-order valence-corrected chi connectivity index (χ2v) is 6.98. The molecule has 1 heterocycles. The number of amides is 2. The monoisotopic (exact) mass is 346 g/mol. The van der Waals surface area contributed by atoms with Gasteiger partial charge in [-0.25, -0.2) is 0 Å². The molecule has 0 saturated heterocycles. The van der Waals surface area contributed by atoms with Gasteiger partial charge >= 0.3 is 0 Å². The molecule has 3 rings (SSSR count). The highest BCUT2D eigenvalue weighted by Crippen LogP contribution is 2.40. The van der Waals surface area contributed by atoms with E-state index in [1.807, 2.05) is 0 Å². The molecule has 0 spiro atoms. The molecule has 24 heavy (non-hydrogen) atoms. The molecular weight excluding hydrogens is 328 g/mol. The van der Waals surface area contributed by atoms with Crippen LogP contribution in [0.1, 0.15) is 38.5 Å². The van der Waals surface area contributed by atoms with E-state index in [9.17, 15) is 9.59 Å². The van der Waals surface area contributed by atoms with Crippen LogP contribution in [-0.4, -0.2) is 27.3 Å². The van der Waals surface area contributed by atoms with Gasteiger partial charge in [0.2, 0.25) is 17.7 Å². The number of nitrogens with one attached hydrogen (secondary N) is 2. The number of hydrogen-bond donors (Lipinski definition) is 2. The van der Waals surface area contributed by atoms with Crippen molar-refractivity contribution in [3.05, 3.63) is 30.2 Å². The molecule has 1 fully saturated rings. The molecule has 1 aromatic carbocycles. The summed E-state index contributed by atoms with van der Waals surface area (Å²) in [6, 6.07) is 6.93. The Labute approximate surface area is 143 Å². The van der Waals surface area contributed by atoms with Crippen molar-refractivity contribution in [1.82, 2.24) is 10.2 Å². The Hall–Kier alpha value is -2.35. The predicted octanol–water partition coefficient (Wildman–Crippen LogP) is 3.02. The largest absolute Gasteiger partial charge is 0.416 e. The normalized spacial score (nSPS) is 14.9. The first-order chi connectivity index (χ1) is 11.5. The minimum Gasteiger partial charge on any atom is -0.416 e. The third kappa shape index (κ3) is 4.35. The second-order valence-electron chi connectivity index (χ2n) is 5.69. The lowest BCUT2D eigenvalue weighted by Crippen LogP contribution is -2.22. The molecule has 0 unspecified atom stereocenters. The molecule has 1 saturated carbocycles. The van der Waals surface area contributed by atoms with Crippen molar-refractivity contribution in [3.63, 3.8) is 0 Å². The molecule has 0 aliphatic heterocycles. The van der Waals surface area contributed by atoms with Gasteiger partial charge in [0, 0.05) is 24.2 Å². The van der Waals surface area contributed by atoms with E-state index in [0.717, 1.165) is 12.8 Å². The number of anilines is 2. The summed E-state index contributed by atoms with van der Waals surface area (Å²) in [6.45, 7) is 3.23. The average molecular weight is 346 g/mol. The lowest BCUT2D eigenvalue weighted by molar-refractivity contribution is -0.115. The molecule has 2 N–H and O–H groups in total. The van der Waals surface area contributed by atoms with Crippen molar-refractivity contribution in [1.29, 1.82) is 0 Å². The molecule has 126 valence electrons. The second kappa shape index (κ2) is 7.04. The molecule has 1 aromatic heterocycles. The van der Waals surface area contributed by atoms with Gasteiger partial charge in [-0.2, -0.15) is 0 Å². The zero-order chi connectivity index (χ0) is 17.1. The number of rotatable bonds is 6. The predicted molar refractivity (Wildman–Crippen MR) is 91.0 cm³/mol. The first kappa shape index (κ1) is 16.5. The summed E-state index contributed by atoms with van der Waals surface area (Å²) in [5, 5.41) is 13.5. The first-order valence-electron chi connectivity index (χ1n) is 7.70. The minimum atomic E-state index is -0.368. The fourth-order valence-corrected chi connectivity index (χ4v) is 2.74. The minimum absolute atomic E-state index is 0.137. The van der Waals surface area contributed by atoms with Gasteiger partial charge in [0.05, 0.1) is 5.25 Å². The number of carbonyl (C=O) groups is 2. The standard InChI is InChI=1S/C16H18N4O3S/c1-9(24-16-20-19-15(23-16)11-3-4-11)14(22)18-13-7-5-12(6-8-13)17-10(2)21/h5-9,11H,3-4H2,1-2H3,(H,17,21)(H,18,22)/t9-/m1/s1. The molecule has 0 radical (unpaired) electrons. The molecule has 2 aromatic rings. The number of benzene rings is 1. The number of aromatic nitrogens is 2. The Bertz CT molecular complexity index is 740. The van der Waals surface area contributed by atoms with Gasteiger partial charge in [-0.3, -0.25) is 9.59 Å². The average Bonchev–Trinajstić information content (AvgIpc) is 3.29. The maximum absolute atomic E-state index is 12.2. The lowest BCUT2D eigenvalue weighted by Gasteiger charge is -2.10.